The van der Waals surface area contributed by atoms with Crippen LogP contribution in [-0.2, 0) is 12.8 Å². The predicted molar refractivity (Wildman–Crippen MR) is 143 cm³/mol. The van der Waals surface area contributed by atoms with E-state index in [1.807, 2.05) is 32.9 Å². The normalized spacial score (nSPS) is 16.8. The first kappa shape index (κ1) is 27.0. The molecule has 7 nitrogen and oxygen atoms in total. The molecule has 8 heteroatoms. The Kier molecular flexibility index (Phi) is 9.66. The molecule has 1 atom stereocenters. The average molecular weight is 569 g/mol. The Balaban J connectivity index is 0.00000385. The number of rotatable bonds is 8. The Morgan fingerprint density at radius 3 is 2.55 bits per heavy atom. The van der Waals surface area contributed by atoms with Crippen LogP contribution in [0.5, 0.6) is 17.2 Å². The molecule has 0 aliphatic carbocycles. The number of phenols is 1. The van der Waals surface area contributed by atoms with Crippen molar-refractivity contribution in [3.8, 4) is 17.2 Å². The minimum absolute atomic E-state index is 0. The first-order valence-electron chi connectivity index (χ1n) is 11.3. The van der Waals surface area contributed by atoms with Crippen LogP contribution in [0.2, 0.25) is 0 Å². The van der Waals surface area contributed by atoms with Gasteiger partial charge in [-0.1, -0.05) is 12.1 Å². The second kappa shape index (κ2) is 11.8. The molecular formula is C25H37IN4O3. The van der Waals surface area contributed by atoms with Crippen LogP contribution >= 0.6 is 24.0 Å². The van der Waals surface area contributed by atoms with Crippen LogP contribution in [0.3, 0.4) is 0 Å². The zero-order valence-corrected chi connectivity index (χ0v) is 22.3. The lowest BCUT2D eigenvalue weighted by molar-refractivity contribution is 0.0411. The van der Waals surface area contributed by atoms with E-state index in [-0.39, 0.29) is 35.5 Å². The molecule has 2 aromatic carbocycles. The first-order chi connectivity index (χ1) is 15.2. The Bertz CT molecular complexity index is 965. The molecule has 0 fully saturated rings. The smallest absolute Gasteiger partial charge is 0.202 e. The molecule has 1 heterocycles. The Morgan fingerprint density at radius 2 is 1.88 bits per heavy atom. The molecule has 0 aromatic heterocycles. The number of benzene rings is 2. The number of aromatic hydroxyl groups is 1. The number of halogens is 1. The SMILES string of the molecule is Cc1c(C)c2c(c(C)c1O)CCC(C)(CCOc1ccc(CCCNC(=N)NN)cc1)O2.I. The van der Waals surface area contributed by atoms with Crippen LogP contribution in [0.25, 0.3) is 0 Å². The summed E-state index contributed by atoms with van der Waals surface area (Å²) < 4.78 is 12.5. The standard InChI is InChI=1S/C25H36N4O3.HI/c1-16-17(2)23-21(18(3)22(16)30)11-12-25(4,32-23)13-15-31-20-9-7-19(8-10-20)6-5-14-28-24(26)29-27;/h7-10,30H,5-6,11-15,27H2,1-4H3,(H3,26,28,29);1H. The molecule has 33 heavy (non-hydrogen) atoms. The zero-order valence-electron chi connectivity index (χ0n) is 20.0. The lowest BCUT2D eigenvalue weighted by Gasteiger charge is -2.38. The number of guanidine groups is 1. The van der Waals surface area contributed by atoms with Crippen molar-refractivity contribution in [1.29, 1.82) is 5.41 Å². The number of fused-ring (bicyclic) bond motifs is 1. The number of nitrogens with two attached hydrogens (primary N) is 1. The van der Waals surface area contributed by atoms with Crippen molar-refractivity contribution in [2.24, 2.45) is 5.84 Å². The zero-order chi connectivity index (χ0) is 23.3. The van der Waals surface area contributed by atoms with Crippen molar-refractivity contribution in [2.45, 2.75) is 65.4 Å². The highest BCUT2D eigenvalue weighted by Gasteiger charge is 2.34. The van der Waals surface area contributed by atoms with Crippen LogP contribution in [0.15, 0.2) is 24.3 Å². The van der Waals surface area contributed by atoms with Gasteiger partial charge in [-0.05, 0) is 87.8 Å². The van der Waals surface area contributed by atoms with Crippen molar-refractivity contribution in [2.75, 3.05) is 13.2 Å². The van der Waals surface area contributed by atoms with Crippen molar-refractivity contribution in [1.82, 2.24) is 10.7 Å². The highest BCUT2D eigenvalue weighted by Crippen LogP contribution is 2.44. The fourth-order valence-corrected chi connectivity index (χ4v) is 4.16. The van der Waals surface area contributed by atoms with Gasteiger partial charge in [0.05, 0.1) is 6.61 Å². The van der Waals surface area contributed by atoms with E-state index >= 15 is 0 Å². The number of hydrogen-bond donors (Lipinski definition) is 5. The minimum atomic E-state index is -0.285. The van der Waals surface area contributed by atoms with Gasteiger partial charge in [0.1, 0.15) is 22.8 Å². The third-order valence-electron chi connectivity index (χ3n) is 6.50. The summed E-state index contributed by atoms with van der Waals surface area (Å²) in [6, 6.07) is 8.17. The van der Waals surface area contributed by atoms with E-state index in [9.17, 15) is 5.11 Å². The van der Waals surface area contributed by atoms with Crippen molar-refractivity contribution >= 4 is 29.9 Å². The maximum absolute atomic E-state index is 10.4. The molecule has 3 rings (SSSR count). The van der Waals surface area contributed by atoms with E-state index < -0.39 is 0 Å². The van der Waals surface area contributed by atoms with Gasteiger partial charge >= 0.3 is 0 Å². The van der Waals surface area contributed by atoms with E-state index in [2.05, 4.69) is 29.8 Å². The minimum Gasteiger partial charge on any atom is -0.507 e. The van der Waals surface area contributed by atoms with Gasteiger partial charge < -0.3 is 19.9 Å². The number of nitrogens with one attached hydrogen (secondary N) is 3. The molecule has 0 saturated heterocycles. The van der Waals surface area contributed by atoms with Crippen LogP contribution in [-0.4, -0.2) is 29.8 Å². The van der Waals surface area contributed by atoms with Gasteiger partial charge in [0.15, 0.2) is 0 Å². The van der Waals surface area contributed by atoms with E-state index in [0.717, 1.165) is 65.9 Å². The molecule has 0 saturated carbocycles. The van der Waals surface area contributed by atoms with Gasteiger partial charge in [-0.2, -0.15) is 0 Å². The monoisotopic (exact) mass is 568 g/mol. The molecule has 2 aromatic rings. The molecule has 6 N–H and O–H groups in total. The summed E-state index contributed by atoms with van der Waals surface area (Å²) in [7, 11) is 0. The molecule has 182 valence electrons. The topological polar surface area (TPSA) is 113 Å². The number of aryl methyl sites for hydroxylation is 1. The highest BCUT2D eigenvalue weighted by molar-refractivity contribution is 14.0. The molecular weight excluding hydrogens is 531 g/mol. The summed E-state index contributed by atoms with van der Waals surface area (Å²) in [6.07, 6.45) is 4.42. The molecule has 0 amide bonds. The van der Waals surface area contributed by atoms with Gasteiger partial charge in [0, 0.05) is 18.5 Å². The maximum atomic E-state index is 10.4. The lowest BCUT2D eigenvalue weighted by Crippen LogP contribution is -2.41. The predicted octanol–water partition coefficient (Wildman–Crippen LogP) is 4.41. The van der Waals surface area contributed by atoms with Gasteiger partial charge in [0.2, 0.25) is 5.96 Å². The maximum Gasteiger partial charge on any atom is 0.202 e. The summed E-state index contributed by atoms with van der Waals surface area (Å²) in [4.78, 5) is 0. The number of ether oxygens (including phenoxy) is 2. The third kappa shape index (κ3) is 6.66. The molecule has 1 aliphatic rings. The third-order valence-corrected chi connectivity index (χ3v) is 6.50. The second-order valence-electron chi connectivity index (χ2n) is 8.88. The van der Waals surface area contributed by atoms with Crippen LogP contribution in [0.1, 0.15) is 54.0 Å². The van der Waals surface area contributed by atoms with E-state index in [0.29, 0.717) is 18.9 Å². The lowest BCUT2D eigenvalue weighted by atomic mass is 9.86. The van der Waals surface area contributed by atoms with Gasteiger partial charge in [-0.25, -0.2) is 5.84 Å². The summed E-state index contributed by atoms with van der Waals surface area (Å²) in [5.41, 5.74) is 7.20. The number of hydrogen-bond acceptors (Lipinski definition) is 5. The Morgan fingerprint density at radius 1 is 1.18 bits per heavy atom. The molecule has 1 unspecified atom stereocenters. The second-order valence-corrected chi connectivity index (χ2v) is 8.88. The largest absolute Gasteiger partial charge is 0.507 e. The molecule has 1 aliphatic heterocycles. The molecule has 0 spiro atoms. The summed E-state index contributed by atoms with van der Waals surface area (Å²) >= 11 is 0. The number of hydrazine groups is 1. The van der Waals surface area contributed by atoms with Gasteiger partial charge in [0.25, 0.3) is 0 Å². The fraction of sp³-hybridized carbons (Fsp3) is 0.480. The van der Waals surface area contributed by atoms with Crippen molar-refractivity contribution < 1.29 is 14.6 Å². The fourth-order valence-electron chi connectivity index (χ4n) is 4.16. The highest BCUT2D eigenvalue weighted by atomic mass is 127. The van der Waals surface area contributed by atoms with Crippen molar-refractivity contribution in [3.63, 3.8) is 0 Å². The Hall–Kier alpha value is -2.20. The van der Waals surface area contributed by atoms with Crippen molar-refractivity contribution in [3.05, 3.63) is 52.1 Å². The summed E-state index contributed by atoms with van der Waals surface area (Å²) in [5, 5.41) is 20.6. The Labute approximate surface area is 213 Å². The van der Waals surface area contributed by atoms with Crippen LogP contribution in [0.4, 0.5) is 0 Å². The first-order valence-corrected chi connectivity index (χ1v) is 11.3. The van der Waals surface area contributed by atoms with Gasteiger partial charge in [-0.3, -0.25) is 10.8 Å². The summed E-state index contributed by atoms with van der Waals surface area (Å²) in [6.45, 7) is 9.36. The summed E-state index contributed by atoms with van der Waals surface area (Å²) in [5.74, 6) is 7.47. The quantitative estimate of drug-likeness (QED) is 0.0806. The van der Waals surface area contributed by atoms with Crippen LogP contribution < -0.4 is 26.1 Å². The van der Waals surface area contributed by atoms with E-state index in [4.69, 9.17) is 20.7 Å². The van der Waals surface area contributed by atoms with Gasteiger partial charge in [-0.15, -0.1) is 24.0 Å². The average Bonchev–Trinajstić information content (AvgIpc) is 2.79. The molecule has 0 bridgehead atoms. The van der Waals surface area contributed by atoms with Crippen LogP contribution in [0, 0.1) is 26.2 Å². The van der Waals surface area contributed by atoms with E-state index in [1.54, 1.807) is 0 Å². The van der Waals surface area contributed by atoms with E-state index in [1.165, 1.54) is 5.56 Å². The molecule has 0 radical (unpaired) electrons. The number of phenolic OH excluding ortho intramolecular Hbond substituents is 1.